The average Bonchev–Trinajstić information content (AvgIpc) is 3.64. The first-order valence-corrected chi connectivity index (χ1v) is 14.1. The van der Waals surface area contributed by atoms with E-state index in [2.05, 4.69) is 9.97 Å². The van der Waals surface area contributed by atoms with Gasteiger partial charge < -0.3 is 14.7 Å². The number of halogens is 2. The summed E-state index contributed by atoms with van der Waals surface area (Å²) in [4.78, 5) is 64.4. The molecule has 4 heterocycles. The molecule has 3 fully saturated rings. The van der Waals surface area contributed by atoms with Crippen molar-refractivity contribution in [1.29, 1.82) is 0 Å². The molecule has 0 saturated carbocycles. The molecule has 42 heavy (non-hydrogen) atoms. The lowest BCUT2D eigenvalue weighted by atomic mass is 9.87. The number of fused-ring (bicyclic) bond motifs is 1. The number of nitrogens with zero attached hydrogens (tertiary/aromatic N) is 5. The normalized spacial score (nSPS) is 23.4. The number of carboxylic acids is 1. The smallest absolute Gasteiger partial charge is 0.410 e. The monoisotopic (exact) mass is 609 g/mol. The van der Waals surface area contributed by atoms with E-state index >= 15 is 0 Å². The molecule has 3 atom stereocenters. The lowest BCUT2D eigenvalue weighted by Crippen LogP contribution is -2.47. The number of carbonyl (C=O) groups is 4. The van der Waals surface area contributed by atoms with Gasteiger partial charge in [-0.2, -0.15) is 0 Å². The number of benzene rings is 2. The number of hydrogen-bond acceptors (Lipinski definition) is 7. The average molecular weight is 610 g/mol. The number of imide groups is 1. The quantitative estimate of drug-likeness (QED) is 0.399. The van der Waals surface area contributed by atoms with Gasteiger partial charge in [0.05, 0.1) is 12.2 Å². The lowest BCUT2D eigenvalue weighted by Gasteiger charge is -2.28. The molecule has 0 radical (unpaired) electrons. The molecule has 3 aliphatic rings. The molecule has 3 aliphatic heterocycles. The van der Waals surface area contributed by atoms with Gasteiger partial charge in [0, 0.05) is 47.4 Å². The van der Waals surface area contributed by atoms with Crippen molar-refractivity contribution < 1.29 is 29.0 Å². The van der Waals surface area contributed by atoms with Gasteiger partial charge in [-0.25, -0.2) is 29.3 Å². The zero-order valence-corrected chi connectivity index (χ0v) is 23.7. The molecule has 3 aromatic rings. The zero-order valence-electron chi connectivity index (χ0n) is 22.2. The molecule has 11 nitrogen and oxygen atoms in total. The van der Waals surface area contributed by atoms with E-state index < -0.39 is 41.7 Å². The molecular weight excluding hydrogens is 585 g/mol. The molecule has 13 heteroatoms. The number of hydrogen-bond donors (Lipinski definition) is 1. The van der Waals surface area contributed by atoms with Crippen LogP contribution in [0.3, 0.4) is 0 Å². The minimum Gasteiger partial charge on any atom is -0.480 e. The first-order valence-electron chi connectivity index (χ1n) is 13.3. The van der Waals surface area contributed by atoms with E-state index in [1.807, 2.05) is 24.3 Å². The second-order valence-electron chi connectivity index (χ2n) is 10.6. The number of amides is 4. The number of rotatable bonds is 6. The van der Waals surface area contributed by atoms with Crippen LogP contribution in [-0.4, -0.2) is 79.6 Å². The first-order chi connectivity index (χ1) is 20.2. The molecule has 216 valence electrons. The third kappa shape index (κ3) is 4.92. The summed E-state index contributed by atoms with van der Waals surface area (Å²) < 4.78 is 5.73. The van der Waals surface area contributed by atoms with Gasteiger partial charge in [0.15, 0.2) is 0 Å². The van der Waals surface area contributed by atoms with E-state index in [4.69, 9.17) is 27.9 Å². The van der Waals surface area contributed by atoms with Gasteiger partial charge in [0.2, 0.25) is 0 Å². The summed E-state index contributed by atoms with van der Waals surface area (Å²) in [5, 5.41) is 10.0. The topological polar surface area (TPSA) is 133 Å². The Morgan fingerprint density at radius 2 is 1.71 bits per heavy atom. The molecule has 0 aliphatic carbocycles. The van der Waals surface area contributed by atoms with Crippen molar-refractivity contribution in [2.45, 2.75) is 43.4 Å². The van der Waals surface area contributed by atoms with E-state index in [1.54, 1.807) is 12.4 Å². The highest BCUT2D eigenvalue weighted by atomic mass is 35.5. The summed E-state index contributed by atoms with van der Waals surface area (Å²) in [6.45, 7) is 0.226. The van der Waals surface area contributed by atoms with Crippen molar-refractivity contribution in [3.05, 3.63) is 76.8 Å². The van der Waals surface area contributed by atoms with Crippen molar-refractivity contribution in [2.75, 3.05) is 18.0 Å². The summed E-state index contributed by atoms with van der Waals surface area (Å²) in [6, 6.07) is 10.4. The fourth-order valence-corrected chi connectivity index (χ4v) is 6.60. The molecule has 2 aromatic carbocycles. The number of aromatic nitrogens is 2. The zero-order chi connectivity index (χ0) is 29.6. The minimum atomic E-state index is -1.36. The van der Waals surface area contributed by atoms with Crippen LogP contribution < -0.4 is 4.90 Å². The van der Waals surface area contributed by atoms with E-state index in [0.717, 1.165) is 21.6 Å². The van der Waals surface area contributed by atoms with Crippen molar-refractivity contribution in [3.63, 3.8) is 0 Å². The number of likely N-dealkylation sites (tertiary alicyclic amines) is 1. The van der Waals surface area contributed by atoms with Crippen LogP contribution in [0.1, 0.15) is 24.8 Å². The maximum Gasteiger partial charge on any atom is 0.410 e. The molecule has 6 rings (SSSR count). The van der Waals surface area contributed by atoms with Gasteiger partial charge in [-0.3, -0.25) is 9.69 Å². The van der Waals surface area contributed by atoms with Gasteiger partial charge >= 0.3 is 18.1 Å². The molecule has 1 aromatic heterocycles. The SMILES string of the molecule is O=C(O)[C@H]1CCCN1C(=O)O[C@H]1CN2C(=O)N(c3cc(Cl)cc(Cl)c3)C(=O)[C@]2(Cc2ccc(-c3cncnc3)cc2)C1. The van der Waals surface area contributed by atoms with Gasteiger partial charge in [-0.1, -0.05) is 47.5 Å². The van der Waals surface area contributed by atoms with Crippen LogP contribution in [0.25, 0.3) is 11.1 Å². The maximum absolute atomic E-state index is 14.2. The number of aliphatic carboxylic acids is 1. The Balaban J connectivity index is 1.30. The van der Waals surface area contributed by atoms with Crippen LogP contribution in [0.4, 0.5) is 15.3 Å². The third-order valence-electron chi connectivity index (χ3n) is 7.98. The Hall–Kier alpha value is -4.22. The molecular formula is C29H25Cl2N5O6. The summed E-state index contributed by atoms with van der Waals surface area (Å²) >= 11 is 12.4. The van der Waals surface area contributed by atoms with Gasteiger partial charge in [-0.05, 0) is 42.2 Å². The Kier molecular flexibility index (Phi) is 7.24. The molecule has 1 N–H and O–H groups in total. The number of carbonyl (C=O) groups excluding carboxylic acids is 3. The largest absolute Gasteiger partial charge is 0.480 e. The number of carboxylic acid groups (broad SMARTS) is 1. The van der Waals surface area contributed by atoms with E-state index in [0.29, 0.717) is 12.8 Å². The Labute approximate surface area is 250 Å². The molecule has 0 unspecified atom stereocenters. The highest BCUT2D eigenvalue weighted by Gasteiger charge is 2.63. The summed E-state index contributed by atoms with van der Waals surface area (Å²) in [6.07, 6.45) is 4.33. The predicted molar refractivity (Wildman–Crippen MR) is 152 cm³/mol. The van der Waals surface area contributed by atoms with Crippen LogP contribution in [0.5, 0.6) is 0 Å². The predicted octanol–water partition coefficient (Wildman–Crippen LogP) is 4.66. The fourth-order valence-electron chi connectivity index (χ4n) is 6.08. The van der Waals surface area contributed by atoms with Gasteiger partial charge in [0.1, 0.15) is 24.0 Å². The number of urea groups is 1. The van der Waals surface area contributed by atoms with E-state index in [9.17, 15) is 24.3 Å². The second kappa shape index (κ2) is 10.9. The van der Waals surface area contributed by atoms with Crippen molar-refractivity contribution in [2.24, 2.45) is 0 Å². The van der Waals surface area contributed by atoms with Crippen LogP contribution in [0.15, 0.2) is 61.2 Å². The Morgan fingerprint density at radius 1 is 1.02 bits per heavy atom. The molecule has 3 saturated heterocycles. The van der Waals surface area contributed by atoms with Crippen LogP contribution in [0, 0.1) is 0 Å². The van der Waals surface area contributed by atoms with E-state index in [-0.39, 0.29) is 41.7 Å². The summed E-state index contributed by atoms with van der Waals surface area (Å²) in [5.74, 6) is -1.59. The Morgan fingerprint density at radius 3 is 2.38 bits per heavy atom. The summed E-state index contributed by atoms with van der Waals surface area (Å²) in [7, 11) is 0. The van der Waals surface area contributed by atoms with Crippen LogP contribution in [-0.2, 0) is 20.7 Å². The van der Waals surface area contributed by atoms with Gasteiger partial charge in [-0.15, -0.1) is 0 Å². The van der Waals surface area contributed by atoms with Crippen LogP contribution in [0.2, 0.25) is 10.0 Å². The second-order valence-corrected chi connectivity index (χ2v) is 11.5. The fraction of sp³-hybridized carbons (Fsp3) is 0.310. The number of ether oxygens (including phenoxy) is 1. The molecule has 0 bridgehead atoms. The first kappa shape index (κ1) is 27.9. The third-order valence-corrected chi connectivity index (χ3v) is 8.42. The summed E-state index contributed by atoms with van der Waals surface area (Å²) in [5.41, 5.74) is 1.38. The van der Waals surface area contributed by atoms with Crippen molar-refractivity contribution >= 4 is 52.9 Å². The van der Waals surface area contributed by atoms with E-state index in [1.165, 1.54) is 34.3 Å². The molecule has 0 spiro atoms. The van der Waals surface area contributed by atoms with Crippen molar-refractivity contribution in [3.8, 4) is 11.1 Å². The minimum absolute atomic E-state index is 0.0356. The Bertz CT molecular complexity index is 1550. The number of anilines is 1. The highest BCUT2D eigenvalue weighted by Crippen LogP contribution is 2.44. The maximum atomic E-state index is 14.2. The lowest BCUT2D eigenvalue weighted by molar-refractivity contribution is -0.141. The standard InChI is InChI=1S/C29H25Cl2N5O6/c30-20-8-21(31)10-22(9-20)36-26(39)29(11-17-3-5-18(6-4-17)19-13-32-16-33-14-19)12-23(15-35(29)27(36)40)42-28(41)34-7-1-2-24(34)25(37)38/h3-6,8-10,13-14,16,23-24H,1-2,7,11-12,15H2,(H,37,38)/t23-,24-,29+/m1/s1. The molecule has 4 amide bonds. The van der Waals surface area contributed by atoms with Crippen molar-refractivity contribution in [1.82, 2.24) is 19.8 Å². The van der Waals surface area contributed by atoms with Crippen LogP contribution >= 0.6 is 23.2 Å². The van der Waals surface area contributed by atoms with Gasteiger partial charge in [0.25, 0.3) is 5.91 Å². The highest BCUT2D eigenvalue weighted by molar-refractivity contribution is 6.35.